The molecule has 2 aromatic rings. The van der Waals surface area contributed by atoms with E-state index in [1.165, 1.54) is 5.56 Å². The molecule has 0 saturated heterocycles. The lowest BCUT2D eigenvalue weighted by Gasteiger charge is -2.30. The van der Waals surface area contributed by atoms with Gasteiger partial charge in [-0.2, -0.15) is 0 Å². The van der Waals surface area contributed by atoms with Crippen LogP contribution in [0.25, 0.3) is 0 Å². The summed E-state index contributed by atoms with van der Waals surface area (Å²) < 4.78 is 0. The Labute approximate surface area is 184 Å². The summed E-state index contributed by atoms with van der Waals surface area (Å²) in [6, 6.07) is 13.2. The van der Waals surface area contributed by atoms with Gasteiger partial charge in [0, 0.05) is 17.6 Å². The first-order chi connectivity index (χ1) is 14.3. The zero-order chi connectivity index (χ0) is 21.7. The number of rotatable bonds is 7. The van der Waals surface area contributed by atoms with Crippen LogP contribution in [0.1, 0.15) is 54.9 Å². The SMILES string of the molecule is Cc1ccc(CC(=O)N(Cc2cccc(Cl)c2)[C@@H](C)C(=O)NC2CCCC2)cc1C. The lowest BCUT2D eigenvalue weighted by Crippen LogP contribution is -2.50. The van der Waals surface area contributed by atoms with Crippen molar-refractivity contribution in [3.05, 3.63) is 69.7 Å². The largest absolute Gasteiger partial charge is 0.352 e. The molecule has 1 aliphatic carbocycles. The Morgan fingerprint density at radius 3 is 2.47 bits per heavy atom. The number of benzene rings is 2. The van der Waals surface area contributed by atoms with Crippen LogP contribution in [0.5, 0.6) is 0 Å². The zero-order valence-electron chi connectivity index (χ0n) is 18.1. The van der Waals surface area contributed by atoms with E-state index in [0.717, 1.165) is 42.4 Å². The van der Waals surface area contributed by atoms with Gasteiger partial charge in [0.05, 0.1) is 6.42 Å². The molecule has 1 aliphatic rings. The van der Waals surface area contributed by atoms with Crippen LogP contribution in [0, 0.1) is 13.8 Å². The molecule has 1 saturated carbocycles. The van der Waals surface area contributed by atoms with Crippen LogP contribution in [0.4, 0.5) is 0 Å². The molecule has 1 fully saturated rings. The van der Waals surface area contributed by atoms with Gasteiger partial charge in [0.25, 0.3) is 0 Å². The molecule has 0 unspecified atom stereocenters. The van der Waals surface area contributed by atoms with Gasteiger partial charge in [0.15, 0.2) is 0 Å². The molecule has 0 radical (unpaired) electrons. The molecule has 0 spiro atoms. The van der Waals surface area contributed by atoms with Crippen molar-refractivity contribution in [3.8, 4) is 0 Å². The molecule has 160 valence electrons. The van der Waals surface area contributed by atoms with Crippen molar-refractivity contribution < 1.29 is 9.59 Å². The second kappa shape index (κ2) is 10.1. The summed E-state index contributed by atoms with van der Waals surface area (Å²) in [5.74, 6) is -0.148. The molecular weight excluding hydrogens is 396 g/mol. The summed E-state index contributed by atoms with van der Waals surface area (Å²) >= 11 is 6.14. The van der Waals surface area contributed by atoms with Crippen LogP contribution >= 0.6 is 11.6 Å². The first-order valence-electron chi connectivity index (χ1n) is 10.7. The van der Waals surface area contributed by atoms with Gasteiger partial charge >= 0.3 is 0 Å². The average molecular weight is 427 g/mol. The monoisotopic (exact) mass is 426 g/mol. The Hall–Kier alpha value is -2.33. The van der Waals surface area contributed by atoms with E-state index >= 15 is 0 Å². The topological polar surface area (TPSA) is 49.4 Å². The number of carbonyl (C=O) groups is 2. The molecular formula is C25H31ClN2O2. The molecule has 0 aromatic heterocycles. The second-order valence-corrected chi connectivity index (χ2v) is 8.85. The lowest BCUT2D eigenvalue weighted by atomic mass is 10.0. The highest BCUT2D eigenvalue weighted by molar-refractivity contribution is 6.30. The number of halogens is 1. The van der Waals surface area contributed by atoms with Gasteiger partial charge in [-0.15, -0.1) is 0 Å². The van der Waals surface area contributed by atoms with Crippen molar-refractivity contribution in [3.63, 3.8) is 0 Å². The number of carbonyl (C=O) groups excluding carboxylic acids is 2. The van der Waals surface area contributed by atoms with Crippen LogP contribution in [0.3, 0.4) is 0 Å². The zero-order valence-corrected chi connectivity index (χ0v) is 18.8. The summed E-state index contributed by atoms with van der Waals surface area (Å²) in [6.45, 7) is 6.27. The summed E-state index contributed by atoms with van der Waals surface area (Å²) in [5, 5.41) is 3.76. The lowest BCUT2D eigenvalue weighted by molar-refractivity contribution is -0.140. The predicted octanol–water partition coefficient (Wildman–Crippen LogP) is 4.98. The number of nitrogens with one attached hydrogen (secondary N) is 1. The molecule has 2 amide bonds. The number of aryl methyl sites for hydroxylation is 2. The maximum absolute atomic E-state index is 13.3. The van der Waals surface area contributed by atoms with E-state index in [4.69, 9.17) is 11.6 Å². The summed E-state index contributed by atoms with van der Waals surface area (Å²) in [4.78, 5) is 27.9. The molecule has 30 heavy (non-hydrogen) atoms. The van der Waals surface area contributed by atoms with Crippen LogP contribution in [0.15, 0.2) is 42.5 Å². The second-order valence-electron chi connectivity index (χ2n) is 8.41. The van der Waals surface area contributed by atoms with Crippen LogP contribution in [-0.2, 0) is 22.6 Å². The summed E-state index contributed by atoms with van der Waals surface area (Å²) in [7, 11) is 0. The molecule has 1 atom stereocenters. The van der Waals surface area contributed by atoms with Gasteiger partial charge in [0.2, 0.25) is 11.8 Å². The smallest absolute Gasteiger partial charge is 0.242 e. The molecule has 0 bridgehead atoms. The third-order valence-electron chi connectivity index (χ3n) is 6.04. The quantitative estimate of drug-likeness (QED) is 0.679. The Morgan fingerprint density at radius 2 is 1.80 bits per heavy atom. The third kappa shape index (κ3) is 5.85. The number of hydrogen-bond donors (Lipinski definition) is 1. The van der Waals surface area contributed by atoms with Crippen LogP contribution < -0.4 is 5.32 Å². The van der Waals surface area contributed by atoms with Gasteiger partial charge in [-0.3, -0.25) is 9.59 Å². The number of hydrogen-bond acceptors (Lipinski definition) is 2. The Bertz CT molecular complexity index is 906. The average Bonchev–Trinajstić information content (AvgIpc) is 3.21. The minimum atomic E-state index is -0.552. The number of nitrogens with zero attached hydrogens (tertiary/aromatic N) is 1. The maximum atomic E-state index is 13.3. The highest BCUT2D eigenvalue weighted by Gasteiger charge is 2.28. The first-order valence-corrected chi connectivity index (χ1v) is 11.1. The molecule has 5 heteroatoms. The standard InChI is InChI=1S/C25H31ClN2O2/c1-17-11-12-20(13-18(17)2)15-24(29)28(16-21-7-6-8-22(26)14-21)19(3)25(30)27-23-9-4-5-10-23/h6-8,11-14,19,23H,4-5,9-10,15-16H2,1-3H3,(H,27,30)/t19-/m0/s1. The van der Waals surface area contributed by atoms with Crippen molar-refractivity contribution in [1.82, 2.24) is 10.2 Å². The fourth-order valence-corrected chi connectivity index (χ4v) is 4.21. The van der Waals surface area contributed by atoms with Crippen molar-refractivity contribution in [1.29, 1.82) is 0 Å². The molecule has 1 N–H and O–H groups in total. The molecule has 0 aliphatic heterocycles. The van der Waals surface area contributed by atoms with Gasteiger partial charge in [0.1, 0.15) is 6.04 Å². The molecule has 0 heterocycles. The van der Waals surface area contributed by atoms with Crippen molar-refractivity contribution in [2.24, 2.45) is 0 Å². The van der Waals surface area contributed by atoms with Crippen molar-refractivity contribution in [2.75, 3.05) is 0 Å². The predicted molar refractivity (Wildman–Crippen MR) is 121 cm³/mol. The first kappa shape index (κ1) is 22.4. The molecule has 4 nitrogen and oxygen atoms in total. The third-order valence-corrected chi connectivity index (χ3v) is 6.27. The van der Waals surface area contributed by atoms with E-state index < -0.39 is 6.04 Å². The van der Waals surface area contributed by atoms with Gasteiger partial charge in [-0.1, -0.05) is 54.8 Å². The van der Waals surface area contributed by atoms with E-state index in [-0.39, 0.29) is 24.3 Å². The summed E-state index contributed by atoms with van der Waals surface area (Å²) in [5.41, 5.74) is 4.24. The minimum absolute atomic E-state index is 0.0627. The number of amides is 2. The van der Waals surface area contributed by atoms with Crippen LogP contribution in [0.2, 0.25) is 5.02 Å². The Morgan fingerprint density at radius 1 is 1.07 bits per heavy atom. The summed E-state index contributed by atoms with van der Waals surface area (Å²) in [6.07, 6.45) is 4.60. The van der Waals surface area contributed by atoms with Gasteiger partial charge in [-0.05, 0) is 68.0 Å². The van der Waals surface area contributed by atoms with Crippen molar-refractivity contribution in [2.45, 2.75) is 71.5 Å². The van der Waals surface area contributed by atoms with E-state index in [2.05, 4.69) is 12.2 Å². The fourth-order valence-electron chi connectivity index (χ4n) is 4.00. The Kier molecular flexibility index (Phi) is 7.54. The highest BCUT2D eigenvalue weighted by Crippen LogP contribution is 2.20. The van der Waals surface area contributed by atoms with Crippen molar-refractivity contribution >= 4 is 23.4 Å². The Balaban J connectivity index is 1.78. The maximum Gasteiger partial charge on any atom is 0.242 e. The molecule has 2 aromatic carbocycles. The van der Waals surface area contributed by atoms with Gasteiger partial charge < -0.3 is 10.2 Å². The fraction of sp³-hybridized carbons (Fsp3) is 0.440. The molecule has 3 rings (SSSR count). The van der Waals surface area contributed by atoms with E-state index in [9.17, 15) is 9.59 Å². The van der Waals surface area contributed by atoms with E-state index in [1.54, 1.807) is 4.90 Å². The van der Waals surface area contributed by atoms with Gasteiger partial charge in [-0.25, -0.2) is 0 Å². The van der Waals surface area contributed by atoms with E-state index in [0.29, 0.717) is 11.6 Å². The highest BCUT2D eigenvalue weighted by atomic mass is 35.5. The minimum Gasteiger partial charge on any atom is -0.352 e. The van der Waals surface area contributed by atoms with E-state index in [1.807, 2.05) is 56.3 Å². The normalized spacial score (nSPS) is 15.1. The van der Waals surface area contributed by atoms with Crippen LogP contribution in [-0.4, -0.2) is 28.8 Å².